The van der Waals surface area contributed by atoms with Crippen LogP contribution < -0.4 is 11.1 Å². The molecule has 1 unspecified atom stereocenters. The molecule has 0 aliphatic carbocycles. The number of piperazine rings is 1. The van der Waals surface area contributed by atoms with Crippen LogP contribution in [-0.2, 0) is 14.8 Å². The maximum atomic E-state index is 12.7. The van der Waals surface area contributed by atoms with Crippen molar-refractivity contribution in [1.82, 2.24) is 9.62 Å². The number of benzene rings is 1. The summed E-state index contributed by atoms with van der Waals surface area (Å²) in [5.74, 6) is -0.313. The highest BCUT2D eigenvalue weighted by molar-refractivity contribution is 7.89. The Balaban J connectivity index is 2.53. The predicted octanol–water partition coefficient (Wildman–Crippen LogP) is 0.740. The lowest BCUT2D eigenvalue weighted by molar-refractivity contribution is -0.126. The van der Waals surface area contributed by atoms with Gasteiger partial charge in [-0.05, 0) is 31.5 Å². The number of nitrogens with two attached hydrogens (primary N) is 1. The van der Waals surface area contributed by atoms with Gasteiger partial charge in [-0.2, -0.15) is 4.31 Å². The van der Waals surface area contributed by atoms with Crippen molar-refractivity contribution in [2.24, 2.45) is 0 Å². The van der Waals surface area contributed by atoms with Crippen LogP contribution in [0.1, 0.15) is 12.5 Å². The zero-order valence-corrected chi connectivity index (χ0v) is 12.8. The molecule has 1 fully saturated rings. The summed E-state index contributed by atoms with van der Waals surface area (Å²) in [5, 5.41) is 2.88. The van der Waals surface area contributed by atoms with E-state index in [0.29, 0.717) is 11.3 Å². The SMILES string of the molecule is Cc1c(N)cc(Cl)cc1S(=O)(=O)N1CCNC(=O)C1C. The van der Waals surface area contributed by atoms with E-state index in [1.807, 2.05) is 0 Å². The van der Waals surface area contributed by atoms with Crippen molar-refractivity contribution in [3.05, 3.63) is 22.7 Å². The van der Waals surface area contributed by atoms with Gasteiger partial charge in [0.1, 0.15) is 6.04 Å². The zero-order chi connectivity index (χ0) is 15.1. The second kappa shape index (κ2) is 5.23. The Kier molecular flexibility index (Phi) is 3.95. The number of anilines is 1. The quantitative estimate of drug-likeness (QED) is 0.787. The van der Waals surface area contributed by atoms with Crippen LogP contribution in [0.4, 0.5) is 5.69 Å². The summed E-state index contributed by atoms with van der Waals surface area (Å²) in [6.07, 6.45) is 0. The molecule has 20 heavy (non-hydrogen) atoms. The van der Waals surface area contributed by atoms with Gasteiger partial charge in [-0.25, -0.2) is 8.42 Å². The van der Waals surface area contributed by atoms with Gasteiger partial charge < -0.3 is 11.1 Å². The largest absolute Gasteiger partial charge is 0.398 e. The second-order valence-electron chi connectivity index (χ2n) is 4.70. The number of nitrogens with one attached hydrogen (secondary N) is 1. The van der Waals surface area contributed by atoms with Gasteiger partial charge in [0.15, 0.2) is 0 Å². The summed E-state index contributed by atoms with van der Waals surface area (Å²) in [5.41, 5.74) is 6.51. The van der Waals surface area contributed by atoms with Crippen LogP contribution in [0.25, 0.3) is 0 Å². The zero-order valence-electron chi connectivity index (χ0n) is 11.2. The highest BCUT2D eigenvalue weighted by Crippen LogP contribution is 2.29. The number of carbonyl (C=O) groups is 1. The number of amides is 1. The molecule has 1 heterocycles. The first-order valence-electron chi connectivity index (χ1n) is 6.10. The van der Waals surface area contributed by atoms with Gasteiger partial charge in [-0.15, -0.1) is 0 Å². The van der Waals surface area contributed by atoms with Crippen LogP contribution in [0, 0.1) is 6.92 Å². The van der Waals surface area contributed by atoms with Crippen LogP contribution in [0.2, 0.25) is 5.02 Å². The van der Waals surface area contributed by atoms with Gasteiger partial charge in [0.05, 0.1) is 4.90 Å². The van der Waals surface area contributed by atoms with Crippen molar-refractivity contribution >= 4 is 33.2 Å². The lowest BCUT2D eigenvalue weighted by Gasteiger charge is -2.32. The Morgan fingerprint density at radius 3 is 2.75 bits per heavy atom. The van der Waals surface area contributed by atoms with E-state index in [-0.39, 0.29) is 28.9 Å². The third-order valence-corrected chi connectivity index (χ3v) is 5.71. The van der Waals surface area contributed by atoms with Crippen molar-refractivity contribution in [2.45, 2.75) is 24.8 Å². The molecule has 1 aromatic carbocycles. The molecule has 6 nitrogen and oxygen atoms in total. The van der Waals surface area contributed by atoms with Gasteiger partial charge in [-0.1, -0.05) is 11.6 Å². The smallest absolute Gasteiger partial charge is 0.244 e. The van der Waals surface area contributed by atoms with Crippen LogP contribution in [0.3, 0.4) is 0 Å². The molecule has 1 aliphatic heterocycles. The number of halogens is 1. The summed E-state index contributed by atoms with van der Waals surface area (Å²) >= 11 is 5.89. The minimum atomic E-state index is -3.81. The second-order valence-corrected chi connectivity index (χ2v) is 7.00. The van der Waals surface area contributed by atoms with Gasteiger partial charge in [-0.3, -0.25) is 4.79 Å². The van der Waals surface area contributed by atoms with E-state index in [2.05, 4.69) is 5.32 Å². The van der Waals surface area contributed by atoms with Crippen LogP contribution in [-0.4, -0.2) is 37.8 Å². The highest BCUT2D eigenvalue weighted by Gasteiger charge is 2.36. The van der Waals surface area contributed by atoms with Crippen molar-refractivity contribution < 1.29 is 13.2 Å². The first-order valence-corrected chi connectivity index (χ1v) is 7.92. The Hall–Kier alpha value is -1.31. The fraction of sp³-hybridized carbons (Fsp3) is 0.417. The van der Waals surface area contributed by atoms with Crippen LogP contribution >= 0.6 is 11.6 Å². The number of nitrogens with zero attached hydrogens (tertiary/aromatic N) is 1. The molecule has 0 bridgehead atoms. The summed E-state index contributed by atoms with van der Waals surface area (Å²) in [4.78, 5) is 11.7. The average Bonchev–Trinajstić information content (AvgIpc) is 2.36. The fourth-order valence-electron chi connectivity index (χ4n) is 2.16. The summed E-state index contributed by atoms with van der Waals surface area (Å²) in [6.45, 7) is 3.68. The third-order valence-electron chi connectivity index (χ3n) is 3.39. The molecule has 0 spiro atoms. The van der Waals surface area contributed by atoms with Crippen molar-refractivity contribution in [1.29, 1.82) is 0 Å². The monoisotopic (exact) mass is 317 g/mol. The summed E-state index contributed by atoms with van der Waals surface area (Å²) in [6, 6.07) is 2.11. The molecule has 1 amide bonds. The summed E-state index contributed by atoms with van der Waals surface area (Å²) in [7, 11) is -3.81. The lowest BCUT2D eigenvalue weighted by Crippen LogP contribution is -2.55. The molecule has 8 heteroatoms. The first kappa shape index (κ1) is 15.1. The number of rotatable bonds is 2. The van der Waals surface area contributed by atoms with Gasteiger partial charge in [0.25, 0.3) is 0 Å². The number of hydrogen-bond acceptors (Lipinski definition) is 4. The van der Waals surface area contributed by atoms with Crippen LogP contribution in [0.5, 0.6) is 0 Å². The number of sulfonamides is 1. The number of carbonyl (C=O) groups excluding carboxylic acids is 1. The molecular weight excluding hydrogens is 302 g/mol. The number of nitrogen functional groups attached to an aromatic ring is 1. The van der Waals surface area contributed by atoms with E-state index in [1.165, 1.54) is 16.4 Å². The van der Waals surface area contributed by atoms with E-state index < -0.39 is 16.1 Å². The molecule has 1 saturated heterocycles. The lowest BCUT2D eigenvalue weighted by atomic mass is 10.2. The highest BCUT2D eigenvalue weighted by atomic mass is 35.5. The Morgan fingerprint density at radius 1 is 1.45 bits per heavy atom. The van der Waals surface area contributed by atoms with Crippen molar-refractivity contribution in [2.75, 3.05) is 18.8 Å². The molecule has 1 aromatic rings. The molecule has 1 aliphatic rings. The number of hydrogen-bond donors (Lipinski definition) is 2. The van der Waals surface area contributed by atoms with Crippen molar-refractivity contribution in [3.63, 3.8) is 0 Å². The normalized spacial score (nSPS) is 20.8. The minimum absolute atomic E-state index is 0.0454. The molecule has 0 saturated carbocycles. The maximum Gasteiger partial charge on any atom is 0.244 e. The fourth-order valence-corrected chi connectivity index (χ4v) is 4.33. The van der Waals surface area contributed by atoms with Gasteiger partial charge >= 0.3 is 0 Å². The molecule has 1 atom stereocenters. The minimum Gasteiger partial charge on any atom is -0.398 e. The van der Waals surface area contributed by atoms with Gasteiger partial charge in [0.2, 0.25) is 15.9 Å². The predicted molar refractivity (Wildman–Crippen MR) is 77.0 cm³/mol. The molecular formula is C12H16ClN3O3S. The van der Waals surface area contributed by atoms with Crippen LogP contribution in [0.15, 0.2) is 17.0 Å². The maximum absolute atomic E-state index is 12.7. The average molecular weight is 318 g/mol. The van der Waals surface area contributed by atoms with Gasteiger partial charge in [0, 0.05) is 23.8 Å². The Morgan fingerprint density at radius 2 is 2.10 bits per heavy atom. The first-order chi connectivity index (χ1) is 9.25. The third kappa shape index (κ3) is 2.48. The summed E-state index contributed by atoms with van der Waals surface area (Å²) < 4.78 is 26.6. The van der Waals surface area contributed by atoms with E-state index in [4.69, 9.17) is 17.3 Å². The van der Waals surface area contributed by atoms with E-state index in [0.717, 1.165) is 0 Å². The molecule has 3 N–H and O–H groups in total. The van der Waals surface area contributed by atoms with E-state index in [1.54, 1.807) is 13.8 Å². The van der Waals surface area contributed by atoms with Crippen molar-refractivity contribution in [3.8, 4) is 0 Å². The molecule has 2 rings (SSSR count). The molecule has 0 radical (unpaired) electrons. The molecule has 0 aromatic heterocycles. The topological polar surface area (TPSA) is 92.5 Å². The van der Waals surface area contributed by atoms with E-state index >= 15 is 0 Å². The molecule has 110 valence electrons. The Bertz CT molecular complexity index is 660. The van der Waals surface area contributed by atoms with E-state index in [9.17, 15) is 13.2 Å². The Labute approximate surface area is 122 Å². The standard InChI is InChI=1S/C12H16ClN3O3S/c1-7-10(14)5-9(13)6-11(7)20(18,19)16-4-3-15-12(17)8(16)2/h5-6,8H,3-4,14H2,1-2H3,(H,15,17).